The van der Waals surface area contributed by atoms with Gasteiger partial charge in [0.15, 0.2) is 0 Å². The number of halogens is 2. The van der Waals surface area contributed by atoms with Gasteiger partial charge in [-0.05, 0) is 25.5 Å². The molecule has 0 bridgehead atoms. The van der Waals surface area contributed by atoms with Gasteiger partial charge in [-0.15, -0.1) is 0 Å². The van der Waals surface area contributed by atoms with E-state index in [0.717, 1.165) is 17.9 Å². The third-order valence-electron chi connectivity index (χ3n) is 2.74. The van der Waals surface area contributed by atoms with Crippen molar-refractivity contribution in [2.45, 2.75) is 25.9 Å². The highest BCUT2D eigenvalue weighted by Crippen LogP contribution is 2.35. The molecule has 0 aliphatic carbocycles. The molecular weight excluding hydrogens is 255 g/mol. The van der Waals surface area contributed by atoms with Crippen molar-refractivity contribution in [2.24, 2.45) is 0 Å². The van der Waals surface area contributed by atoms with Crippen LogP contribution in [-0.2, 0) is 12.1 Å². The molecule has 96 valence electrons. The highest BCUT2D eigenvalue weighted by atomic mass is 31.0. The summed E-state index contributed by atoms with van der Waals surface area (Å²) in [5.41, 5.74) is -1.35. The molecule has 1 heterocycles. The van der Waals surface area contributed by atoms with E-state index in [1.165, 1.54) is 21.4 Å². The number of hydrogen-bond donors (Lipinski definition) is 0. The maximum absolute atomic E-state index is 13.0. The van der Waals surface area contributed by atoms with Gasteiger partial charge in [-0.3, -0.25) is 0 Å². The molecule has 1 atom stereocenters. The lowest BCUT2D eigenvalue weighted by Crippen LogP contribution is -2.01. The SMILES string of the molecule is CCc1nc(-c2ccc(C(F)(F)P)cc2)oc1C. The van der Waals surface area contributed by atoms with Gasteiger partial charge in [0.25, 0.3) is 5.66 Å². The van der Waals surface area contributed by atoms with Crippen LogP contribution in [-0.4, -0.2) is 4.98 Å². The minimum absolute atomic E-state index is 0.0461. The number of hydrogen-bond acceptors (Lipinski definition) is 2. The molecule has 0 aliphatic heterocycles. The van der Waals surface area contributed by atoms with E-state index < -0.39 is 5.66 Å². The molecule has 5 heteroatoms. The lowest BCUT2D eigenvalue weighted by Gasteiger charge is -2.09. The molecular formula is C13H14F2NOP. The summed E-state index contributed by atoms with van der Waals surface area (Å²) in [6.45, 7) is 3.84. The van der Waals surface area contributed by atoms with Crippen molar-refractivity contribution < 1.29 is 13.2 Å². The molecule has 18 heavy (non-hydrogen) atoms. The minimum Gasteiger partial charge on any atom is -0.441 e. The van der Waals surface area contributed by atoms with E-state index in [2.05, 4.69) is 4.98 Å². The van der Waals surface area contributed by atoms with Gasteiger partial charge in [0.1, 0.15) is 5.76 Å². The predicted molar refractivity (Wildman–Crippen MR) is 69.7 cm³/mol. The van der Waals surface area contributed by atoms with E-state index in [1.807, 2.05) is 13.8 Å². The highest BCUT2D eigenvalue weighted by molar-refractivity contribution is 7.17. The summed E-state index contributed by atoms with van der Waals surface area (Å²) in [6.07, 6.45) is 0.789. The molecule has 0 amide bonds. The van der Waals surface area contributed by atoms with Crippen LogP contribution >= 0.6 is 9.24 Å². The highest BCUT2D eigenvalue weighted by Gasteiger charge is 2.24. The van der Waals surface area contributed by atoms with Crippen LogP contribution in [0.4, 0.5) is 8.78 Å². The van der Waals surface area contributed by atoms with Gasteiger partial charge in [-0.2, -0.15) is 8.78 Å². The second kappa shape index (κ2) is 4.77. The number of oxazole rings is 1. The number of rotatable bonds is 3. The van der Waals surface area contributed by atoms with Gasteiger partial charge in [-0.1, -0.05) is 28.3 Å². The Kier molecular flexibility index (Phi) is 3.49. The first kappa shape index (κ1) is 13.2. The second-order valence-corrected chi connectivity index (χ2v) is 4.80. The zero-order chi connectivity index (χ0) is 13.3. The molecule has 0 N–H and O–H groups in total. The van der Waals surface area contributed by atoms with E-state index in [0.29, 0.717) is 11.5 Å². The van der Waals surface area contributed by atoms with E-state index in [4.69, 9.17) is 4.42 Å². The number of benzene rings is 1. The van der Waals surface area contributed by atoms with Crippen molar-refractivity contribution in [3.63, 3.8) is 0 Å². The summed E-state index contributed by atoms with van der Waals surface area (Å²) in [5, 5.41) is 0. The molecule has 0 spiro atoms. The van der Waals surface area contributed by atoms with Crippen LogP contribution in [0.15, 0.2) is 28.7 Å². The van der Waals surface area contributed by atoms with E-state index in [-0.39, 0.29) is 5.56 Å². The number of aromatic nitrogens is 1. The number of nitrogens with zero attached hydrogens (tertiary/aromatic N) is 1. The Morgan fingerprint density at radius 1 is 1.28 bits per heavy atom. The number of alkyl halides is 2. The van der Waals surface area contributed by atoms with Crippen molar-refractivity contribution in [2.75, 3.05) is 0 Å². The smallest absolute Gasteiger partial charge is 0.283 e. The molecule has 1 aromatic heterocycles. The molecule has 0 saturated heterocycles. The quantitative estimate of drug-likeness (QED) is 0.783. The average Bonchev–Trinajstić information content (AvgIpc) is 2.69. The zero-order valence-corrected chi connectivity index (χ0v) is 11.4. The molecule has 0 radical (unpaired) electrons. The monoisotopic (exact) mass is 269 g/mol. The first-order valence-corrected chi connectivity index (χ1v) is 6.23. The average molecular weight is 269 g/mol. The second-order valence-electron chi connectivity index (χ2n) is 4.08. The third-order valence-corrected chi connectivity index (χ3v) is 3.08. The Hall–Kier alpha value is -1.28. The lowest BCUT2D eigenvalue weighted by atomic mass is 10.1. The van der Waals surface area contributed by atoms with Crippen LogP contribution in [0, 0.1) is 6.92 Å². The maximum Gasteiger partial charge on any atom is 0.283 e. The normalized spacial score (nSPS) is 11.8. The summed E-state index contributed by atoms with van der Waals surface area (Å²) in [7, 11) is 1.52. The Morgan fingerprint density at radius 3 is 2.33 bits per heavy atom. The van der Waals surface area contributed by atoms with Crippen LogP contribution in [0.3, 0.4) is 0 Å². The standard InChI is InChI=1S/C13H14F2NOP/c1-3-11-8(2)17-12(16-11)9-4-6-10(7-5-9)13(14,15)18/h4-7H,3,18H2,1-2H3. The van der Waals surface area contributed by atoms with Gasteiger partial charge in [0, 0.05) is 11.1 Å². The fourth-order valence-electron chi connectivity index (χ4n) is 1.71. The largest absolute Gasteiger partial charge is 0.441 e. The van der Waals surface area contributed by atoms with Crippen LogP contribution in [0.1, 0.15) is 23.9 Å². The molecule has 2 nitrogen and oxygen atoms in total. The first-order chi connectivity index (χ1) is 8.41. The van der Waals surface area contributed by atoms with Crippen molar-refractivity contribution in [1.82, 2.24) is 4.98 Å². The Morgan fingerprint density at radius 2 is 1.89 bits per heavy atom. The predicted octanol–water partition coefficient (Wildman–Crippen LogP) is 4.14. The molecule has 2 aromatic rings. The topological polar surface area (TPSA) is 26.0 Å². The van der Waals surface area contributed by atoms with Crippen molar-refractivity contribution in [3.05, 3.63) is 41.3 Å². The summed E-state index contributed by atoms with van der Waals surface area (Å²) in [6, 6.07) is 5.96. The van der Waals surface area contributed by atoms with Crippen molar-refractivity contribution in [1.29, 1.82) is 0 Å². The first-order valence-electron chi connectivity index (χ1n) is 5.65. The summed E-state index contributed by atoms with van der Waals surface area (Å²) in [5.74, 6) is 1.25. The Bertz CT molecular complexity index is 543. The van der Waals surface area contributed by atoms with Gasteiger partial charge < -0.3 is 4.42 Å². The van der Waals surface area contributed by atoms with Gasteiger partial charge in [0.05, 0.1) is 5.69 Å². The third kappa shape index (κ3) is 2.59. The molecule has 0 saturated carbocycles. The fraction of sp³-hybridized carbons (Fsp3) is 0.308. The Balaban J connectivity index is 2.34. The summed E-state index contributed by atoms with van der Waals surface area (Å²) in [4.78, 5) is 4.33. The fourth-order valence-corrected chi connectivity index (χ4v) is 1.91. The lowest BCUT2D eigenvalue weighted by molar-refractivity contribution is 0.104. The van der Waals surface area contributed by atoms with E-state index in [1.54, 1.807) is 12.1 Å². The molecule has 1 aromatic carbocycles. The maximum atomic E-state index is 13.0. The van der Waals surface area contributed by atoms with E-state index >= 15 is 0 Å². The van der Waals surface area contributed by atoms with Gasteiger partial charge in [0.2, 0.25) is 5.89 Å². The summed E-state index contributed by atoms with van der Waals surface area (Å²) >= 11 is 0. The van der Waals surface area contributed by atoms with Crippen LogP contribution in [0.2, 0.25) is 0 Å². The molecule has 0 aliphatic rings. The van der Waals surface area contributed by atoms with Crippen molar-refractivity contribution in [3.8, 4) is 11.5 Å². The molecule has 0 fully saturated rings. The van der Waals surface area contributed by atoms with Crippen molar-refractivity contribution >= 4 is 9.24 Å². The van der Waals surface area contributed by atoms with Crippen LogP contribution < -0.4 is 0 Å². The molecule has 2 rings (SSSR count). The minimum atomic E-state index is -2.90. The Labute approximate surface area is 107 Å². The van der Waals surface area contributed by atoms with Gasteiger partial charge in [-0.25, -0.2) is 4.98 Å². The van der Waals surface area contributed by atoms with Crippen LogP contribution in [0.25, 0.3) is 11.5 Å². The summed E-state index contributed by atoms with van der Waals surface area (Å²) < 4.78 is 31.6. The zero-order valence-electron chi connectivity index (χ0n) is 10.2. The molecule has 1 unspecified atom stereocenters. The van der Waals surface area contributed by atoms with E-state index in [9.17, 15) is 8.78 Å². The number of aryl methyl sites for hydroxylation is 2. The van der Waals surface area contributed by atoms with Gasteiger partial charge >= 0.3 is 0 Å². The van der Waals surface area contributed by atoms with Crippen LogP contribution in [0.5, 0.6) is 0 Å².